The maximum absolute atomic E-state index is 4.66. The zero-order valence-electron chi connectivity index (χ0n) is 10.6. The van der Waals surface area contributed by atoms with E-state index in [-0.39, 0.29) is 0 Å². The topological polar surface area (TPSA) is 40.2 Å². The maximum atomic E-state index is 4.66. The van der Waals surface area contributed by atoms with Crippen LogP contribution < -0.4 is 15.5 Å². The SMILES string of the molecule is CCCCNc1cccc(N2CCNCC2)n1. The molecule has 1 saturated heterocycles. The zero-order valence-corrected chi connectivity index (χ0v) is 10.6. The van der Waals surface area contributed by atoms with Gasteiger partial charge in [-0.05, 0) is 18.6 Å². The fourth-order valence-corrected chi connectivity index (χ4v) is 1.99. The maximum Gasteiger partial charge on any atom is 0.131 e. The predicted octanol–water partition coefficient (Wildman–Crippen LogP) is 1.70. The Labute approximate surface area is 103 Å². The van der Waals surface area contributed by atoms with Crippen LogP contribution in [0.3, 0.4) is 0 Å². The van der Waals surface area contributed by atoms with Gasteiger partial charge >= 0.3 is 0 Å². The standard InChI is InChI=1S/C13H22N4/c1-2-3-7-15-12-5-4-6-13(16-12)17-10-8-14-9-11-17/h4-6,14H,2-3,7-11H2,1H3,(H,15,16). The van der Waals surface area contributed by atoms with Gasteiger partial charge in [0.05, 0.1) is 0 Å². The van der Waals surface area contributed by atoms with Crippen molar-refractivity contribution in [1.82, 2.24) is 10.3 Å². The van der Waals surface area contributed by atoms with Gasteiger partial charge in [-0.25, -0.2) is 4.98 Å². The highest BCUT2D eigenvalue weighted by Gasteiger charge is 2.11. The highest BCUT2D eigenvalue weighted by Crippen LogP contribution is 2.14. The Kier molecular flexibility index (Phi) is 4.62. The molecule has 1 aliphatic heterocycles. The lowest BCUT2D eigenvalue weighted by atomic mass is 10.3. The van der Waals surface area contributed by atoms with E-state index in [1.54, 1.807) is 0 Å². The summed E-state index contributed by atoms with van der Waals surface area (Å²) in [7, 11) is 0. The quantitative estimate of drug-likeness (QED) is 0.761. The van der Waals surface area contributed by atoms with Gasteiger partial charge < -0.3 is 15.5 Å². The number of pyridine rings is 1. The minimum absolute atomic E-state index is 0.995. The highest BCUT2D eigenvalue weighted by atomic mass is 15.2. The molecule has 0 aromatic carbocycles. The molecule has 4 nitrogen and oxygen atoms in total. The van der Waals surface area contributed by atoms with Crippen molar-refractivity contribution in [2.24, 2.45) is 0 Å². The van der Waals surface area contributed by atoms with Crippen molar-refractivity contribution < 1.29 is 0 Å². The van der Waals surface area contributed by atoms with Gasteiger partial charge in [0.1, 0.15) is 11.6 Å². The van der Waals surface area contributed by atoms with E-state index in [4.69, 9.17) is 0 Å². The zero-order chi connectivity index (χ0) is 11.9. The summed E-state index contributed by atoms with van der Waals surface area (Å²) < 4.78 is 0. The summed E-state index contributed by atoms with van der Waals surface area (Å²) in [5.41, 5.74) is 0. The second kappa shape index (κ2) is 6.45. The van der Waals surface area contributed by atoms with Crippen LogP contribution in [0, 0.1) is 0 Å². The van der Waals surface area contributed by atoms with Gasteiger partial charge in [0.25, 0.3) is 0 Å². The summed E-state index contributed by atoms with van der Waals surface area (Å²) in [4.78, 5) is 6.99. The van der Waals surface area contributed by atoms with Crippen LogP contribution in [0.4, 0.5) is 11.6 Å². The molecule has 0 unspecified atom stereocenters. The molecule has 94 valence electrons. The first-order valence-electron chi connectivity index (χ1n) is 6.57. The molecule has 0 aliphatic carbocycles. The summed E-state index contributed by atoms with van der Waals surface area (Å²) in [5.74, 6) is 2.09. The number of unbranched alkanes of at least 4 members (excludes halogenated alkanes) is 1. The van der Waals surface area contributed by atoms with E-state index in [1.807, 2.05) is 6.07 Å². The Morgan fingerprint density at radius 2 is 2.18 bits per heavy atom. The Bertz CT molecular complexity index is 334. The fourth-order valence-electron chi connectivity index (χ4n) is 1.99. The van der Waals surface area contributed by atoms with Gasteiger partial charge in [-0.2, -0.15) is 0 Å². The molecule has 2 N–H and O–H groups in total. The second-order valence-electron chi connectivity index (χ2n) is 4.40. The summed E-state index contributed by atoms with van der Waals surface area (Å²) in [6.45, 7) is 7.40. The molecule has 0 atom stereocenters. The number of hydrogen-bond acceptors (Lipinski definition) is 4. The Hall–Kier alpha value is -1.29. The normalized spacial score (nSPS) is 15.9. The monoisotopic (exact) mass is 234 g/mol. The average Bonchev–Trinajstić information content (AvgIpc) is 2.41. The Morgan fingerprint density at radius 3 is 2.94 bits per heavy atom. The van der Waals surface area contributed by atoms with E-state index in [0.717, 1.165) is 44.4 Å². The van der Waals surface area contributed by atoms with E-state index in [2.05, 4.69) is 39.6 Å². The van der Waals surface area contributed by atoms with E-state index >= 15 is 0 Å². The molecule has 0 saturated carbocycles. The molecule has 0 spiro atoms. The molecule has 0 bridgehead atoms. The summed E-state index contributed by atoms with van der Waals surface area (Å²) >= 11 is 0. The molecule has 1 aliphatic rings. The lowest BCUT2D eigenvalue weighted by Gasteiger charge is -2.28. The summed E-state index contributed by atoms with van der Waals surface area (Å²) in [6, 6.07) is 6.22. The minimum atomic E-state index is 0.995. The molecule has 1 aromatic heterocycles. The van der Waals surface area contributed by atoms with Crippen LogP contribution in [0.15, 0.2) is 18.2 Å². The number of nitrogens with zero attached hydrogens (tertiary/aromatic N) is 2. The van der Waals surface area contributed by atoms with Gasteiger partial charge in [0.15, 0.2) is 0 Å². The predicted molar refractivity (Wildman–Crippen MR) is 72.7 cm³/mol. The molecule has 4 heteroatoms. The third-order valence-corrected chi connectivity index (χ3v) is 3.01. The molecular formula is C13H22N4. The number of hydrogen-bond donors (Lipinski definition) is 2. The smallest absolute Gasteiger partial charge is 0.131 e. The van der Waals surface area contributed by atoms with E-state index in [9.17, 15) is 0 Å². The van der Waals surface area contributed by atoms with Crippen LogP contribution in [-0.2, 0) is 0 Å². The number of rotatable bonds is 5. The Balaban J connectivity index is 1.95. The molecule has 0 amide bonds. The number of anilines is 2. The number of nitrogens with one attached hydrogen (secondary N) is 2. The van der Waals surface area contributed by atoms with Crippen LogP contribution in [0.25, 0.3) is 0 Å². The van der Waals surface area contributed by atoms with Crippen molar-refractivity contribution in [3.05, 3.63) is 18.2 Å². The third-order valence-electron chi connectivity index (χ3n) is 3.01. The molecular weight excluding hydrogens is 212 g/mol. The van der Waals surface area contributed by atoms with Crippen molar-refractivity contribution >= 4 is 11.6 Å². The molecule has 1 fully saturated rings. The third kappa shape index (κ3) is 3.60. The molecule has 1 aromatic rings. The Morgan fingerprint density at radius 1 is 1.35 bits per heavy atom. The van der Waals surface area contributed by atoms with Crippen molar-refractivity contribution in [1.29, 1.82) is 0 Å². The van der Waals surface area contributed by atoms with Crippen LogP contribution in [0.2, 0.25) is 0 Å². The molecule has 17 heavy (non-hydrogen) atoms. The van der Waals surface area contributed by atoms with Crippen LogP contribution in [0.5, 0.6) is 0 Å². The van der Waals surface area contributed by atoms with Gasteiger partial charge in [0, 0.05) is 32.7 Å². The lowest BCUT2D eigenvalue weighted by Crippen LogP contribution is -2.43. The molecule has 2 rings (SSSR count). The van der Waals surface area contributed by atoms with E-state index < -0.39 is 0 Å². The highest BCUT2D eigenvalue weighted by molar-refractivity contribution is 5.47. The first kappa shape index (κ1) is 12.2. The van der Waals surface area contributed by atoms with Crippen molar-refractivity contribution in [2.45, 2.75) is 19.8 Å². The minimum Gasteiger partial charge on any atom is -0.370 e. The summed E-state index contributed by atoms with van der Waals surface area (Å²) in [5, 5.41) is 6.73. The molecule has 2 heterocycles. The average molecular weight is 234 g/mol. The number of piperazine rings is 1. The fraction of sp³-hybridized carbons (Fsp3) is 0.615. The van der Waals surface area contributed by atoms with Crippen molar-refractivity contribution in [3.63, 3.8) is 0 Å². The largest absolute Gasteiger partial charge is 0.370 e. The number of aromatic nitrogens is 1. The van der Waals surface area contributed by atoms with Crippen molar-refractivity contribution in [2.75, 3.05) is 42.9 Å². The molecule has 0 radical (unpaired) electrons. The lowest BCUT2D eigenvalue weighted by molar-refractivity contribution is 0.585. The van der Waals surface area contributed by atoms with Gasteiger partial charge in [0.2, 0.25) is 0 Å². The van der Waals surface area contributed by atoms with Crippen molar-refractivity contribution in [3.8, 4) is 0 Å². The van der Waals surface area contributed by atoms with Gasteiger partial charge in [-0.3, -0.25) is 0 Å². The van der Waals surface area contributed by atoms with Crippen LogP contribution in [0.1, 0.15) is 19.8 Å². The first-order chi connectivity index (χ1) is 8.40. The van der Waals surface area contributed by atoms with Gasteiger partial charge in [-0.1, -0.05) is 19.4 Å². The first-order valence-corrected chi connectivity index (χ1v) is 6.57. The van der Waals surface area contributed by atoms with Crippen LogP contribution in [-0.4, -0.2) is 37.7 Å². The van der Waals surface area contributed by atoms with E-state index in [0.29, 0.717) is 0 Å². The summed E-state index contributed by atoms with van der Waals surface area (Å²) in [6.07, 6.45) is 2.41. The van der Waals surface area contributed by atoms with Crippen LogP contribution >= 0.6 is 0 Å². The second-order valence-corrected chi connectivity index (χ2v) is 4.40. The van der Waals surface area contributed by atoms with E-state index in [1.165, 1.54) is 12.8 Å². The van der Waals surface area contributed by atoms with Gasteiger partial charge in [-0.15, -0.1) is 0 Å².